The normalized spacial score (nSPS) is 26.8. The highest BCUT2D eigenvalue weighted by Crippen LogP contribution is 2.33. The van der Waals surface area contributed by atoms with E-state index in [0.717, 1.165) is 32.1 Å². The fourth-order valence-electron chi connectivity index (χ4n) is 3.42. The van der Waals surface area contributed by atoms with Gasteiger partial charge in [0, 0.05) is 12.5 Å². The van der Waals surface area contributed by atoms with Gasteiger partial charge in [0.1, 0.15) is 0 Å². The summed E-state index contributed by atoms with van der Waals surface area (Å²) in [6, 6.07) is 15.4. The van der Waals surface area contributed by atoms with Crippen LogP contribution in [0.25, 0.3) is 10.8 Å². The maximum atomic E-state index is 10.9. The summed E-state index contributed by atoms with van der Waals surface area (Å²) in [5, 5.41) is 16.7. The van der Waals surface area contributed by atoms with Crippen molar-refractivity contribution in [2.45, 2.75) is 43.7 Å². The van der Waals surface area contributed by atoms with Crippen molar-refractivity contribution >= 4 is 10.8 Å². The van der Waals surface area contributed by atoms with Gasteiger partial charge in [0.25, 0.3) is 0 Å². The maximum Gasteiger partial charge on any atom is 0.0689 e. The zero-order valence-corrected chi connectivity index (χ0v) is 12.1. The van der Waals surface area contributed by atoms with Gasteiger partial charge in [0.2, 0.25) is 0 Å². The number of nitrogens with one attached hydrogen (secondary N) is 1. The predicted molar refractivity (Wildman–Crippen MR) is 83.9 cm³/mol. The van der Waals surface area contributed by atoms with Gasteiger partial charge in [-0.1, -0.05) is 42.5 Å². The second kappa shape index (κ2) is 5.55. The molecule has 0 amide bonds. The van der Waals surface area contributed by atoms with E-state index in [1.807, 2.05) is 7.05 Å². The van der Waals surface area contributed by atoms with Crippen LogP contribution in [0.15, 0.2) is 42.5 Å². The first-order valence-electron chi connectivity index (χ1n) is 7.56. The minimum atomic E-state index is -0.530. The molecule has 0 unspecified atom stereocenters. The third-order valence-corrected chi connectivity index (χ3v) is 4.72. The van der Waals surface area contributed by atoms with Crippen LogP contribution in [0.5, 0.6) is 0 Å². The van der Waals surface area contributed by atoms with Gasteiger partial charge < -0.3 is 10.4 Å². The summed E-state index contributed by atoms with van der Waals surface area (Å²) in [5.74, 6) is 0. The summed E-state index contributed by atoms with van der Waals surface area (Å²) in [4.78, 5) is 0. The average molecular weight is 269 g/mol. The Kier molecular flexibility index (Phi) is 3.77. The SMILES string of the molecule is CNC1CCC(O)(Cc2cccc3ccccc23)CC1. The highest BCUT2D eigenvalue weighted by Gasteiger charge is 2.33. The molecule has 2 aromatic rings. The van der Waals surface area contributed by atoms with Crippen molar-refractivity contribution in [2.75, 3.05) is 7.05 Å². The minimum Gasteiger partial charge on any atom is -0.390 e. The van der Waals surface area contributed by atoms with Gasteiger partial charge in [-0.2, -0.15) is 0 Å². The van der Waals surface area contributed by atoms with Crippen molar-refractivity contribution in [2.24, 2.45) is 0 Å². The monoisotopic (exact) mass is 269 g/mol. The number of benzene rings is 2. The zero-order chi connectivity index (χ0) is 14.0. The first-order valence-corrected chi connectivity index (χ1v) is 7.56. The lowest BCUT2D eigenvalue weighted by atomic mass is 9.78. The van der Waals surface area contributed by atoms with Crippen LogP contribution in [0.4, 0.5) is 0 Å². The predicted octanol–water partition coefficient (Wildman–Crippen LogP) is 3.28. The molecule has 2 heteroatoms. The molecule has 106 valence electrons. The van der Waals surface area contributed by atoms with Crippen molar-refractivity contribution in [3.05, 3.63) is 48.0 Å². The van der Waals surface area contributed by atoms with E-state index in [0.29, 0.717) is 6.04 Å². The van der Waals surface area contributed by atoms with E-state index in [4.69, 9.17) is 0 Å². The first kappa shape index (κ1) is 13.6. The topological polar surface area (TPSA) is 32.3 Å². The van der Waals surface area contributed by atoms with Crippen LogP contribution in [-0.4, -0.2) is 23.8 Å². The largest absolute Gasteiger partial charge is 0.390 e. The van der Waals surface area contributed by atoms with Gasteiger partial charge in [0.05, 0.1) is 5.60 Å². The van der Waals surface area contributed by atoms with E-state index >= 15 is 0 Å². The molecule has 2 aromatic carbocycles. The zero-order valence-electron chi connectivity index (χ0n) is 12.1. The van der Waals surface area contributed by atoms with Crippen LogP contribution in [0.1, 0.15) is 31.2 Å². The third kappa shape index (κ3) is 2.72. The van der Waals surface area contributed by atoms with Crippen LogP contribution in [0.2, 0.25) is 0 Å². The van der Waals surface area contributed by atoms with E-state index in [1.165, 1.54) is 16.3 Å². The molecule has 2 nitrogen and oxygen atoms in total. The minimum absolute atomic E-state index is 0.530. The van der Waals surface area contributed by atoms with Gasteiger partial charge >= 0.3 is 0 Å². The number of hydrogen-bond acceptors (Lipinski definition) is 2. The molecule has 0 saturated heterocycles. The molecular formula is C18H23NO. The Balaban J connectivity index is 1.83. The van der Waals surface area contributed by atoms with Crippen LogP contribution < -0.4 is 5.32 Å². The van der Waals surface area contributed by atoms with Crippen LogP contribution >= 0.6 is 0 Å². The second-order valence-corrected chi connectivity index (χ2v) is 6.10. The number of hydrogen-bond donors (Lipinski definition) is 2. The Morgan fingerprint density at radius 2 is 1.80 bits per heavy atom. The average Bonchev–Trinajstić information content (AvgIpc) is 2.48. The van der Waals surface area contributed by atoms with Crippen LogP contribution in [0, 0.1) is 0 Å². The van der Waals surface area contributed by atoms with E-state index in [-0.39, 0.29) is 0 Å². The van der Waals surface area contributed by atoms with Gasteiger partial charge in [-0.3, -0.25) is 0 Å². The molecule has 0 atom stereocenters. The molecule has 20 heavy (non-hydrogen) atoms. The lowest BCUT2D eigenvalue weighted by molar-refractivity contribution is -0.00215. The summed E-state index contributed by atoms with van der Waals surface area (Å²) < 4.78 is 0. The highest BCUT2D eigenvalue weighted by atomic mass is 16.3. The van der Waals surface area contributed by atoms with Crippen molar-refractivity contribution in [3.8, 4) is 0 Å². The molecule has 0 aliphatic heterocycles. The van der Waals surface area contributed by atoms with E-state index < -0.39 is 5.60 Å². The van der Waals surface area contributed by atoms with Gasteiger partial charge in [-0.05, 0) is 49.1 Å². The molecule has 1 saturated carbocycles. The second-order valence-electron chi connectivity index (χ2n) is 6.10. The molecule has 0 radical (unpaired) electrons. The molecule has 0 bridgehead atoms. The summed E-state index contributed by atoms with van der Waals surface area (Å²) in [6.45, 7) is 0. The Morgan fingerprint density at radius 3 is 2.55 bits per heavy atom. The van der Waals surface area contributed by atoms with Crippen molar-refractivity contribution in [1.82, 2.24) is 5.32 Å². The quantitative estimate of drug-likeness (QED) is 0.896. The number of aliphatic hydroxyl groups is 1. The fourth-order valence-corrected chi connectivity index (χ4v) is 3.42. The van der Waals surface area contributed by atoms with Crippen LogP contribution in [0.3, 0.4) is 0 Å². The lowest BCUT2D eigenvalue weighted by Gasteiger charge is -2.36. The Morgan fingerprint density at radius 1 is 1.10 bits per heavy atom. The Hall–Kier alpha value is -1.38. The molecule has 3 rings (SSSR count). The molecule has 0 heterocycles. The number of rotatable bonds is 3. The van der Waals surface area contributed by atoms with Gasteiger partial charge in [0.15, 0.2) is 0 Å². The van der Waals surface area contributed by atoms with Crippen molar-refractivity contribution in [1.29, 1.82) is 0 Å². The van der Waals surface area contributed by atoms with Gasteiger partial charge in [-0.25, -0.2) is 0 Å². The molecule has 1 aliphatic carbocycles. The molecule has 2 N–H and O–H groups in total. The highest BCUT2D eigenvalue weighted by molar-refractivity contribution is 5.85. The van der Waals surface area contributed by atoms with Gasteiger partial charge in [-0.15, -0.1) is 0 Å². The van der Waals surface area contributed by atoms with Crippen molar-refractivity contribution in [3.63, 3.8) is 0 Å². The summed E-state index contributed by atoms with van der Waals surface area (Å²) in [5.41, 5.74) is 0.741. The standard InChI is InChI=1S/C18H23NO/c1-19-16-9-11-18(20,12-10-16)13-15-7-4-6-14-5-2-3-8-17(14)15/h2-8,16,19-20H,9-13H2,1H3. The smallest absolute Gasteiger partial charge is 0.0689 e. The van der Waals surface area contributed by atoms with Crippen LogP contribution in [-0.2, 0) is 6.42 Å². The third-order valence-electron chi connectivity index (χ3n) is 4.72. The summed E-state index contributed by atoms with van der Waals surface area (Å²) >= 11 is 0. The maximum absolute atomic E-state index is 10.9. The van der Waals surface area contributed by atoms with E-state index in [2.05, 4.69) is 47.8 Å². The molecule has 1 aliphatic rings. The van der Waals surface area contributed by atoms with Crippen molar-refractivity contribution < 1.29 is 5.11 Å². The molecule has 0 aromatic heterocycles. The summed E-state index contributed by atoms with van der Waals surface area (Å²) in [6.07, 6.45) is 4.68. The lowest BCUT2D eigenvalue weighted by Crippen LogP contribution is -2.41. The van der Waals surface area contributed by atoms with E-state index in [1.54, 1.807) is 0 Å². The molecule has 0 spiro atoms. The van der Waals surface area contributed by atoms with E-state index in [9.17, 15) is 5.11 Å². The Bertz CT molecular complexity index is 579. The fraction of sp³-hybridized carbons (Fsp3) is 0.444. The molecule has 1 fully saturated rings. The molecular weight excluding hydrogens is 246 g/mol. The number of fused-ring (bicyclic) bond motifs is 1. The summed E-state index contributed by atoms with van der Waals surface area (Å²) in [7, 11) is 2.01. The first-order chi connectivity index (χ1) is 9.70. The Labute approximate surface area is 120 Å².